The summed E-state index contributed by atoms with van der Waals surface area (Å²) in [5.41, 5.74) is 7.90. The molecule has 1 N–H and O–H groups in total. The molecule has 208 valence electrons. The van der Waals surface area contributed by atoms with Gasteiger partial charge in [0, 0.05) is 30.0 Å². The van der Waals surface area contributed by atoms with E-state index >= 15 is 0 Å². The molecule has 0 spiro atoms. The number of rotatable bonds is 8. The summed E-state index contributed by atoms with van der Waals surface area (Å²) in [5.74, 6) is -0.972. The number of anilines is 1. The maximum Gasteiger partial charge on any atom is 0.337 e. The van der Waals surface area contributed by atoms with Crippen molar-refractivity contribution in [2.75, 3.05) is 18.0 Å². The molecule has 5 heteroatoms. The normalized spacial score (nSPS) is 16.2. The van der Waals surface area contributed by atoms with Crippen LogP contribution in [0.2, 0.25) is 0 Å². The van der Waals surface area contributed by atoms with Crippen molar-refractivity contribution in [3.05, 3.63) is 82.7 Å². The zero-order chi connectivity index (χ0) is 28.4. The second-order valence-corrected chi connectivity index (χ2v) is 12.7. The number of piperidine rings is 1. The maximum absolute atomic E-state index is 12.6. The van der Waals surface area contributed by atoms with Crippen LogP contribution in [0.4, 0.5) is 5.69 Å². The van der Waals surface area contributed by atoms with Crippen LogP contribution >= 0.6 is 0 Å². The van der Waals surface area contributed by atoms with Crippen molar-refractivity contribution in [3.63, 3.8) is 0 Å². The van der Waals surface area contributed by atoms with Gasteiger partial charge >= 0.3 is 5.97 Å². The van der Waals surface area contributed by atoms with E-state index in [1.54, 1.807) is 0 Å². The Morgan fingerprint density at radius 3 is 2.10 bits per heavy atom. The minimum atomic E-state index is -1.08. The maximum atomic E-state index is 12.6. The molecule has 4 rings (SSSR count). The third-order valence-corrected chi connectivity index (χ3v) is 7.82. The fourth-order valence-corrected chi connectivity index (χ4v) is 5.54. The predicted octanol–water partition coefficient (Wildman–Crippen LogP) is 7.72. The van der Waals surface area contributed by atoms with E-state index in [1.165, 1.54) is 16.7 Å². The molecule has 1 fully saturated rings. The van der Waals surface area contributed by atoms with Crippen LogP contribution in [-0.4, -0.2) is 34.8 Å². The lowest BCUT2D eigenvalue weighted by molar-refractivity contribution is -0.160. The van der Waals surface area contributed by atoms with Crippen molar-refractivity contribution in [2.24, 2.45) is 5.41 Å². The van der Waals surface area contributed by atoms with Crippen LogP contribution in [0.15, 0.2) is 54.6 Å². The molecule has 5 nitrogen and oxygen atoms in total. The van der Waals surface area contributed by atoms with Crippen molar-refractivity contribution in [3.8, 4) is 11.1 Å². The molecule has 39 heavy (non-hydrogen) atoms. The SMILES string of the molecule is Cc1nc(C)c([C@H](OC(C)(C)C)C(=O)O)c(N2CCC(C)(C)CC2)c1CCc1ccc(-c2ccccc2)cc1. The van der Waals surface area contributed by atoms with Gasteiger partial charge in [-0.2, -0.15) is 0 Å². The van der Waals surface area contributed by atoms with Gasteiger partial charge in [0.2, 0.25) is 0 Å². The van der Waals surface area contributed by atoms with E-state index in [0.29, 0.717) is 5.56 Å². The highest BCUT2D eigenvalue weighted by Crippen LogP contribution is 2.41. The molecule has 2 aromatic carbocycles. The first-order valence-electron chi connectivity index (χ1n) is 14.1. The van der Waals surface area contributed by atoms with E-state index in [2.05, 4.69) is 74.2 Å². The lowest BCUT2D eigenvalue weighted by atomic mass is 9.82. The fourth-order valence-electron chi connectivity index (χ4n) is 5.54. The van der Waals surface area contributed by atoms with Crippen LogP contribution in [0.25, 0.3) is 11.1 Å². The van der Waals surface area contributed by atoms with Crippen molar-refractivity contribution < 1.29 is 14.6 Å². The minimum absolute atomic E-state index is 0.280. The highest BCUT2D eigenvalue weighted by Gasteiger charge is 2.36. The van der Waals surface area contributed by atoms with Gasteiger partial charge in [-0.1, -0.05) is 68.4 Å². The fraction of sp³-hybridized carbons (Fsp3) is 0.471. The largest absolute Gasteiger partial charge is 0.479 e. The predicted molar refractivity (Wildman–Crippen MR) is 159 cm³/mol. The van der Waals surface area contributed by atoms with E-state index in [9.17, 15) is 9.90 Å². The standard InChI is InChI=1S/C34H44N2O3/c1-23-28(18-15-25-13-16-27(17-14-25)26-11-9-8-10-12-26)30(36-21-19-34(6,7)20-22-36)29(24(2)35-23)31(32(37)38)39-33(3,4)5/h8-14,16-17,31H,15,18-22H2,1-7H3,(H,37,38)/t31-/m0/s1. The van der Waals surface area contributed by atoms with Crippen molar-refractivity contribution in [1.29, 1.82) is 0 Å². The Hall–Kier alpha value is -3.18. The molecule has 1 aliphatic heterocycles. The Balaban J connectivity index is 1.72. The first-order valence-corrected chi connectivity index (χ1v) is 14.1. The second kappa shape index (κ2) is 11.5. The molecule has 1 aliphatic rings. The highest BCUT2D eigenvalue weighted by molar-refractivity contribution is 5.79. The van der Waals surface area contributed by atoms with Gasteiger partial charge in [0.15, 0.2) is 6.10 Å². The summed E-state index contributed by atoms with van der Waals surface area (Å²) in [6.07, 6.45) is 2.68. The number of aliphatic carboxylic acids is 1. The van der Waals surface area contributed by atoms with Crippen LogP contribution in [0.5, 0.6) is 0 Å². The number of aromatic nitrogens is 1. The number of nitrogens with zero attached hydrogens (tertiary/aromatic N) is 2. The number of ether oxygens (including phenoxy) is 1. The Morgan fingerprint density at radius 1 is 0.949 bits per heavy atom. The first-order chi connectivity index (χ1) is 18.3. The van der Waals surface area contributed by atoms with Gasteiger partial charge in [-0.25, -0.2) is 4.79 Å². The number of hydrogen-bond donors (Lipinski definition) is 1. The summed E-state index contributed by atoms with van der Waals surface area (Å²) >= 11 is 0. The monoisotopic (exact) mass is 528 g/mol. The number of hydrogen-bond acceptors (Lipinski definition) is 4. The van der Waals surface area contributed by atoms with Gasteiger partial charge in [-0.3, -0.25) is 4.98 Å². The molecule has 3 aromatic rings. The Kier molecular flexibility index (Phi) is 8.51. The van der Waals surface area contributed by atoms with Gasteiger partial charge in [-0.15, -0.1) is 0 Å². The third-order valence-electron chi connectivity index (χ3n) is 7.82. The topological polar surface area (TPSA) is 62.7 Å². The molecule has 0 bridgehead atoms. The average molecular weight is 529 g/mol. The van der Waals surface area contributed by atoms with Gasteiger partial charge in [-0.05, 0) is 88.0 Å². The summed E-state index contributed by atoms with van der Waals surface area (Å²) < 4.78 is 6.19. The molecule has 0 radical (unpaired) electrons. The minimum Gasteiger partial charge on any atom is -0.479 e. The number of carboxylic acids is 1. The number of carboxylic acid groups (broad SMARTS) is 1. The van der Waals surface area contributed by atoms with E-state index in [-0.39, 0.29) is 5.41 Å². The average Bonchev–Trinajstić information content (AvgIpc) is 2.87. The highest BCUT2D eigenvalue weighted by atomic mass is 16.5. The molecule has 1 aromatic heterocycles. The molecule has 0 aliphatic carbocycles. The second-order valence-electron chi connectivity index (χ2n) is 12.7. The van der Waals surface area contributed by atoms with Gasteiger partial charge in [0.1, 0.15) is 0 Å². The van der Waals surface area contributed by atoms with E-state index in [1.807, 2.05) is 33.8 Å². The van der Waals surface area contributed by atoms with Gasteiger partial charge in [0.05, 0.1) is 11.3 Å². The Morgan fingerprint density at radius 2 is 1.54 bits per heavy atom. The number of pyridine rings is 1. The van der Waals surface area contributed by atoms with Crippen LogP contribution in [-0.2, 0) is 22.4 Å². The van der Waals surface area contributed by atoms with E-state index in [4.69, 9.17) is 9.72 Å². The summed E-state index contributed by atoms with van der Waals surface area (Å²) in [7, 11) is 0. The number of aryl methyl sites for hydroxylation is 3. The molecule has 1 saturated heterocycles. The molecular formula is C34H44N2O3. The van der Waals surface area contributed by atoms with Crippen LogP contribution < -0.4 is 4.90 Å². The van der Waals surface area contributed by atoms with Crippen LogP contribution in [0, 0.1) is 19.3 Å². The Labute approximate surface area is 234 Å². The zero-order valence-corrected chi connectivity index (χ0v) is 24.7. The molecule has 1 atom stereocenters. The third kappa shape index (κ3) is 7.07. The molecule has 2 heterocycles. The van der Waals surface area contributed by atoms with E-state index in [0.717, 1.165) is 61.4 Å². The number of carbonyl (C=O) groups is 1. The lowest BCUT2D eigenvalue weighted by Gasteiger charge is -2.41. The zero-order valence-electron chi connectivity index (χ0n) is 24.7. The van der Waals surface area contributed by atoms with Crippen LogP contribution in [0.1, 0.15) is 81.6 Å². The summed E-state index contributed by atoms with van der Waals surface area (Å²) in [4.78, 5) is 19.9. The van der Waals surface area contributed by atoms with Gasteiger partial charge in [0.25, 0.3) is 0 Å². The number of benzene rings is 2. The molecular weight excluding hydrogens is 484 g/mol. The summed E-state index contributed by atoms with van der Waals surface area (Å²) in [6, 6.07) is 19.2. The van der Waals surface area contributed by atoms with E-state index < -0.39 is 17.7 Å². The van der Waals surface area contributed by atoms with Crippen molar-refractivity contribution >= 4 is 11.7 Å². The first kappa shape index (κ1) is 28.8. The smallest absolute Gasteiger partial charge is 0.337 e. The van der Waals surface area contributed by atoms with Crippen molar-refractivity contribution in [2.45, 2.75) is 85.9 Å². The molecule has 0 saturated carbocycles. The van der Waals surface area contributed by atoms with Crippen molar-refractivity contribution in [1.82, 2.24) is 4.98 Å². The lowest BCUT2D eigenvalue weighted by Crippen LogP contribution is -2.39. The molecule has 0 amide bonds. The quantitative estimate of drug-likeness (QED) is 0.324. The summed E-state index contributed by atoms with van der Waals surface area (Å²) in [6.45, 7) is 16.1. The Bertz CT molecular complexity index is 1280. The van der Waals surface area contributed by atoms with Crippen LogP contribution in [0.3, 0.4) is 0 Å². The molecule has 0 unspecified atom stereocenters. The van der Waals surface area contributed by atoms with Gasteiger partial charge < -0.3 is 14.7 Å². The summed E-state index contributed by atoms with van der Waals surface area (Å²) in [5, 5.41) is 10.3.